The van der Waals surface area contributed by atoms with Crippen LogP contribution in [0.5, 0.6) is 0 Å². The molecule has 0 radical (unpaired) electrons. The lowest BCUT2D eigenvalue weighted by Gasteiger charge is -2.23. The summed E-state index contributed by atoms with van der Waals surface area (Å²) in [5.74, 6) is 0.679. The zero-order chi connectivity index (χ0) is 15.1. The molecular weight excluding hydrogens is 278 g/mol. The molecule has 3 atom stereocenters. The molecule has 0 spiro atoms. The summed E-state index contributed by atoms with van der Waals surface area (Å²) in [6.07, 6.45) is 2.69. The van der Waals surface area contributed by atoms with Crippen molar-refractivity contribution < 1.29 is 4.21 Å². The Morgan fingerprint density at radius 3 is 2.14 bits per heavy atom. The third kappa shape index (κ3) is 5.44. The average Bonchev–Trinajstić information content (AvgIpc) is 2.48. The standard InChI is InChI=1S/C18H23NOS/c1-15(14-21(2)20)19-18(17-11-7-4-8-12-17)13-16-9-5-3-6-10-16/h3-12,15,18-19H,13-14H2,1-2H3. The lowest BCUT2D eigenvalue weighted by molar-refractivity contribution is 0.476. The molecule has 0 bridgehead atoms. The zero-order valence-electron chi connectivity index (χ0n) is 12.7. The van der Waals surface area contributed by atoms with Gasteiger partial charge in [-0.3, -0.25) is 4.21 Å². The predicted octanol–water partition coefficient (Wildman–Crippen LogP) is 3.33. The van der Waals surface area contributed by atoms with Crippen molar-refractivity contribution in [3.05, 3.63) is 71.8 Å². The Hall–Kier alpha value is -1.45. The average molecular weight is 301 g/mol. The highest BCUT2D eigenvalue weighted by molar-refractivity contribution is 7.84. The molecular formula is C18H23NOS. The van der Waals surface area contributed by atoms with Gasteiger partial charge in [-0.25, -0.2) is 0 Å². The first-order valence-electron chi connectivity index (χ1n) is 7.30. The number of benzene rings is 2. The van der Waals surface area contributed by atoms with E-state index in [0.29, 0.717) is 5.75 Å². The molecule has 3 heteroatoms. The summed E-state index contributed by atoms with van der Waals surface area (Å²) >= 11 is 0. The SMILES string of the molecule is CC(CS(C)=O)NC(Cc1ccccc1)c1ccccc1. The molecule has 0 amide bonds. The maximum absolute atomic E-state index is 11.4. The Bertz CT molecular complexity index is 556. The summed E-state index contributed by atoms with van der Waals surface area (Å²) < 4.78 is 11.4. The minimum Gasteiger partial charge on any atom is -0.306 e. The van der Waals surface area contributed by atoms with Gasteiger partial charge in [0, 0.05) is 34.9 Å². The van der Waals surface area contributed by atoms with Gasteiger partial charge in [-0.2, -0.15) is 0 Å². The zero-order valence-corrected chi connectivity index (χ0v) is 13.5. The van der Waals surface area contributed by atoms with Crippen LogP contribution in [0.15, 0.2) is 60.7 Å². The van der Waals surface area contributed by atoms with Gasteiger partial charge in [0.15, 0.2) is 0 Å². The Kier molecular flexibility index (Phi) is 6.15. The Morgan fingerprint density at radius 1 is 1.00 bits per heavy atom. The number of rotatable bonds is 7. The van der Waals surface area contributed by atoms with Crippen molar-refractivity contribution in [1.82, 2.24) is 5.32 Å². The van der Waals surface area contributed by atoms with E-state index in [2.05, 4.69) is 60.8 Å². The van der Waals surface area contributed by atoms with Gasteiger partial charge in [0.1, 0.15) is 0 Å². The van der Waals surface area contributed by atoms with Crippen molar-refractivity contribution in [3.8, 4) is 0 Å². The molecule has 0 saturated carbocycles. The van der Waals surface area contributed by atoms with Gasteiger partial charge in [0.25, 0.3) is 0 Å². The predicted molar refractivity (Wildman–Crippen MR) is 90.9 cm³/mol. The van der Waals surface area contributed by atoms with Crippen LogP contribution in [-0.2, 0) is 17.2 Å². The van der Waals surface area contributed by atoms with Crippen LogP contribution in [0.3, 0.4) is 0 Å². The molecule has 2 aromatic carbocycles. The Balaban J connectivity index is 2.13. The quantitative estimate of drug-likeness (QED) is 0.850. The van der Waals surface area contributed by atoms with Crippen LogP contribution in [-0.4, -0.2) is 22.3 Å². The summed E-state index contributed by atoms with van der Waals surface area (Å²) in [6, 6.07) is 21.4. The summed E-state index contributed by atoms with van der Waals surface area (Å²) in [7, 11) is -0.777. The van der Waals surface area contributed by atoms with E-state index in [1.54, 1.807) is 6.26 Å². The monoisotopic (exact) mass is 301 g/mol. The van der Waals surface area contributed by atoms with E-state index >= 15 is 0 Å². The van der Waals surface area contributed by atoms with Crippen molar-refractivity contribution in [1.29, 1.82) is 0 Å². The van der Waals surface area contributed by atoms with Crippen LogP contribution < -0.4 is 5.32 Å². The van der Waals surface area contributed by atoms with Crippen molar-refractivity contribution in [2.24, 2.45) is 0 Å². The molecule has 0 fully saturated rings. The third-order valence-corrected chi connectivity index (χ3v) is 4.42. The highest BCUT2D eigenvalue weighted by Gasteiger charge is 2.15. The molecule has 0 aliphatic carbocycles. The minimum absolute atomic E-state index is 0.227. The molecule has 2 aromatic rings. The molecule has 0 aliphatic rings. The van der Waals surface area contributed by atoms with Crippen LogP contribution in [0.25, 0.3) is 0 Å². The summed E-state index contributed by atoms with van der Waals surface area (Å²) in [4.78, 5) is 0. The molecule has 3 unspecified atom stereocenters. The first-order valence-corrected chi connectivity index (χ1v) is 9.03. The second-order valence-electron chi connectivity index (χ2n) is 5.46. The number of hydrogen-bond donors (Lipinski definition) is 1. The molecule has 112 valence electrons. The lowest BCUT2D eigenvalue weighted by Crippen LogP contribution is -2.35. The smallest absolute Gasteiger partial charge is 0.0383 e. The van der Waals surface area contributed by atoms with E-state index in [1.165, 1.54) is 11.1 Å². The second-order valence-corrected chi connectivity index (χ2v) is 6.94. The highest BCUT2D eigenvalue weighted by Crippen LogP contribution is 2.19. The normalized spacial score (nSPS) is 15.3. The molecule has 2 nitrogen and oxygen atoms in total. The van der Waals surface area contributed by atoms with Crippen LogP contribution in [0.4, 0.5) is 0 Å². The van der Waals surface area contributed by atoms with Crippen LogP contribution >= 0.6 is 0 Å². The maximum atomic E-state index is 11.4. The molecule has 1 N–H and O–H groups in total. The van der Waals surface area contributed by atoms with E-state index in [4.69, 9.17) is 0 Å². The van der Waals surface area contributed by atoms with Gasteiger partial charge < -0.3 is 5.32 Å². The van der Waals surface area contributed by atoms with Gasteiger partial charge in [0.05, 0.1) is 0 Å². The maximum Gasteiger partial charge on any atom is 0.0383 e. The van der Waals surface area contributed by atoms with Gasteiger partial charge in [0.2, 0.25) is 0 Å². The van der Waals surface area contributed by atoms with Crippen LogP contribution in [0.1, 0.15) is 24.1 Å². The van der Waals surface area contributed by atoms with Crippen molar-refractivity contribution in [2.75, 3.05) is 12.0 Å². The first-order chi connectivity index (χ1) is 10.1. The van der Waals surface area contributed by atoms with Crippen LogP contribution in [0.2, 0.25) is 0 Å². The van der Waals surface area contributed by atoms with E-state index in [0.717, 1.165) is 6.42 Å². The summed E-state index contributed by atoms with van der Waals surface area (Å²) in [6.45, 7) is 2.10. The molecule has 0 aliphatic heterocycles. The van der Waals surface area contributed by atoms with Crippen molar-refractivity contribution in [3.63, 3.8) is 0 Å². The van der Waals surface area contributed by atoms with E-state index in [9.17, 15) is 4.21 Å². The molecule has 0 aromatic heterocycles. The second kappa shape index (κ2) is 8.11. The van der Waals surface area contributed by atoms with Crippen molar-refractivity contribution in [2.45, 2.75) is 25.4 Å². The molecule has 21 heavy (non-hydrogen) atoms. The first kappa shape index (κ1) is 15.9. The minimum atomic E-state index is -0.777. The van der Waals surface area contributed by atoms with Crippen LogP contribution in [0, 0.1) is 0 Å². The largest absolute Gasteiger partial charge is 0.306 e. The molecule has 2 rings (SSSR count). The number of nitrogens with one attached hydrogen (secondary N) is 1. The fourth-order valence-electron chi connectivity index (χ4n) is 2.55. The summed E-state index contributed by atoms with van der Waals surface area (Å²) in [5, 5.41) is 3.62. The van der Waals surface area contributed by atoms with Gasteiger partial charge in [-0.05, 0) is 24.5 Å². The van der Waals surface area contributed by atoms with Gasteiger partial charge in [-0.15, -0.1) is 0 Å². The van der Waals surface area contributed by atoms with Crippen molar-refractivity contribution >= 4 is 10.8 Å². The van der Waals surface area contributed by atoms with Gasteiger partial charge in [-0.1, -0.05) is 60.7 Å². The fraction of sp³-hybridized carbons (Fsp3) is 0.333. The lowest BCUT2D eigenvalue weighted by atomic mass is 9.98. The van der Waals surface area contributed by atoms with E-state index < -0.39 is 10.8 Å². The Morgan fingerprint density at radius 2 is 1.57 bits per heavy atom. The highest BCUT2D eigenvalue weighted by atomic mass is 32.2. The number of hydrogen-bond acceptors (Lipinski definition) is 2. The fourth-order valence-corrected chi connectivity index (χ4v) is 3.35. The third-order valence-electron chi connectivity index (χ3n) is 3.46. The topological polar surface area (TPSA) is 29.1 Å². The van der Waals surface area contributed by atoms with E-state index in [1.807, 2.05) is 12.1 Å². The molecule has 0 saturated heterocycles. The Labute approximate surface area is 130 Å². The van der Waals surface area contributed by atoms with Gasteiger partial charge >= 0.3 is 0 Å². The summed E-state index contributed by atoms with van der Waals surface area (Å²) in [5.41, 5.74) is 2.58. The van der Waals surface area contributed by atoms with E-state index in [-0.39, 0.29) is 12.1 Å². The molecule has 0 heterocycles.